The van der Waals surface area contributed by atoms with E-state index in [2.05, 4.69) is 22.2 Å². The summed E-state index contributed by atoms with van der Waals surface area (Å²) in [4.78, 5) is 6.77. The summed E-state index contributed by atoms with van der Waals surface area (Å²) >= 11 is 0. The number of fused-ring (bicyclic) bond motifs is 2. The van der Waals surface area contributed by atoms with Gasteiger partial charge in [-0.3, -0.25) is 0 Å². The average Bonchev–Trinajstić information content (AvgIpc) is 2.76. The van der Waals surface area contributed by atoms with Gasteiger partial charge in [0.1, 0.15) is 0 Å². The third-order valence-electron chi connectivity index (χ3n) is 4.30. The smallest absolute Gasteiger partial charge is 0.171 e. The molecule has 2 saturated heterocycles. The van der Waals surface area contributed by atoms with Gasteiger partial charge in [-0.25, -0.2) is 4.98 Å². The molecular formula is C14H21N3O. The molecule has 98 valence electrons. The number of nitrogens with one attached hydrogen (secondary N) is 1. The van der Waals surface area contributed by atoms with E-state index in [-0.39, 0.29) is 0 Å². The Balaban J connectivity index is 1.79. The van der Waals surface area contributed by atoms with E-state index >= 15 is 0 Å². The lowest BCUT2D eigenvalue weighted by Gasteiger charge is -2.36. The van der Waals surface area contributed by atoms with Gasteiger partial charge in [0.25, 0.3) is 0 Å². The molecule has 4 heteroatoms. The molecule has 18 heavy (non-hydrogen) atoms. The first-order valence-electron chi connectivity index (χ1n) is 6.76. The zero-order valence-corrected chi connectivity index (χ0v) is 11.1. The lowest BCUT2D eigenvalue weighted by atomic mass is 9.98. The highest BCUT2D eigenvalue weighted by Crippen LogP contribution is 2.33. The number of hydrogen-bond acceptors (Lipinski definition) is 4. The third-order valence-corrected chi connectivity index (χ3v) is 4.30. The number of nitrogens with zero attached hydrogens (tertiary/aromatic N) is 2. The molecule has 0 amide bonds. The van der Waals surface area contributed by atoms with Gasteiger partial charge in [-0.2, -0.15) is 0 Å². The molecule has 1 aromatic rings. The number of aromatic nitrogens is 1. The summed E-state index contributed by atoms with van der Waals surface area (Å²) in [5.74, 6) is 1.83. The molecule has 1 aromatic heterocycles. The molecule has 2 aliphatic heterocycles. The van der Waals surface area contributed by atoms with Crippen LogP contribution in [-0.2, 0) is 0 Å². The number of rotatable bonds is 3. The number of ether oxygens (including phenoxy) is 1. The van der Waals surface area contributed by atoms with Crippen LogP contribution in [0.3, 0.4) is 0 Å². The van der Waals surface area contributed by atoms with Crippen LogP contribution in [0.2, 0.25) is 0 Å². The van der Waals surface area contributed by atoms with Gasteiger partial charge in [0.2, 0.25) is 0 Å². The Morgan fingerprint density at radius 1 is 1.33 bits per heavy atom. The quantitative estimate of drug-likeness (QED) is 0.884. The Kier molecular flexibility index (Phi) is 3.12. The molecule has 3 heterocycles. The van der Waals surface area contributed by atoms with Crippen molar-refractivity contribution in [3.63, 3.8) is 0 Å². The van der Waals surface area contributed by atoms with E-state index in [1.165, 1.54) is 25.7 Å². The molecule has 2 unspecified atom stereocenters. The summed E-state index contributed by atoms with van der Waals surface area (Å²) in [5.41, 5.74) is 0. The van der Waals surface area contributed by atoms with E-state index in [0.29, 0.717) is 18.1 Å². The number of methoxy groups -OCH3 is 1. The molecule has 0 spiro atoms. The fraction of sp³-hybridized carbons (Fsp3) is 0.643. The molecule has 0 aromatic carbocycles. The van der Waals surface area contributed by atoms with E-state index in [0.717, 1.165) is 11.6 Å². The predicted octanol–water partition coefficient (Wildman–Crippen LogP) is 1.81. The minimum atomic E-state index is 0.576. The predicted molar refractivity (Wildman–Crippen MR) is 72.2 cm³/mol. The number of anilines is 1. The van der Waals surface area contributed by atoms with Gasteiger partial charge in [-0.05, 0) is 37.8 Å². The molecule has 2 fully saturated rings. The van der Waals surface area contributed by atoms with Crippen molar-refractivity contribution in [1.29, 1.82) is 0 Å². The molecule has 2 aliphatic rings. The lowest BCUT2D eigenvalue weighted by Crippen LogP contribution is -2.47. The van der Waals surface area contributed by atoms with Crippen LogP contribution in [0.5, 0.6) is 5.75 Å². The zero-order valence-electron chi connectivity index (χ0n) is 11.1. The van der Waals surface area contributed by atoms with Gasteiger partial charge in [0, 0.05) is 31.4 Å². The fourth-order valence-corrected chi connectivity index (χ4v) is 3.32. The van der Waals surface area contributed by atoms with Crippen molar-refractivity contribution in [2.24, 2.45) is 0 Å². The number of pyridine rings is 1. The van der Waals surface area contributed by atoms with Gasteiger partial charge in [-0.15, -0.1) is 0 Å². The Morgan fingerprint density at radius 2 is 2.06 bits per heavy atom. The second-order valence-electron chi connectivity index (χ2n) is 5.40. The minimum absolute atomic E-state index is 0.576. The van der Waals surface area contributed by atoms with Crippen LogP contribution in [0, 0.1) is 0 Å². The van der Waals surface area contributed by atoms with Crippen LogP contribution in [0.1, 0.15) is 25.7 Å². The van der Waals surface area contributed by atoms with Crippen molar-refractivity contribution in [3.05, 3.63) is 18.3 Å². The molecule has 1 N–H and O–H groups in total. The zero-order chi connectivity index (χ0) is 12.5. The van der Waals surface area contributed by atoms with Crippen molar-refractivity contribution >= 4 is 5.82 Å². The van der Waals surface area contributed by atoms with Crippen LogP contribution in [0.4, 0.5) is 5.82 Å². The maximum absolute atomic E-state index is 5.41. The van der Waals surface area contributed by atoms with Crippen molar-refractivity contribution in [3.8, 4) is 5.75 Å². The fourth-order valence-electron chi connectivity index (χ4n) is 3.32. The molecule has 2 atom stereocenters. The molecule has 0 saturated carbocycles. The van der Waals surface area contributed by atoms with E-state index < -0.39 is 0 Å². The second-order valence-corrected chi connectivity index (χ2v) is 5.40. The van der Waals surface area contributed by atoms with Crippen LogP contribution in [0.25, 0.3) is 0 Å². The van der Waals surface area contributed by atoms with Crippen molar-refractivity contribution in [2.75, 3.05) is 19.1 Å². The first-order valence-corrected chi connectivity index (χ1v) is 6.76. The van der Waals surface area contributed by atoms with Gasteiger partial charge in [-0.1, -0.05) is 0 Å². The van der Waals surface area contributed by atoms with Crippen LogP contribution < -0.4 is 15.0 Å². The maximum atomic E-state index is 5.41. The summed E-state index contributed by atoms with van der Waals surface area (Å²) in [6, 6.07) is 5.88. The maximum Gasteiger partial charge on any atom is 0.171 e. The first kappa shape index (κ1) is 11.8. The average molecular weight is 247 g/mol. The van der Waals surface area contributed by atoms with Gasteiger partial charge >= 0.3 is 0 Å². The normalized spacial score (nSPS) is 30.2. The SMILES string of the molecule is COc1cccnc1N(C)C1CC2CCC(C1)N2. The Bertz CT molecular complexity index is 411. The van der Waals surface area contributed by atoms with Crippen molar-refractivity contribution in [2.45, 2.75) is 43.8 Å². The molecule has 3 rings (SSSR count). The molecule has 0 radical (unpaired) electrons. The molecule has 2 bridgehead atoms. The van der Waals surface area contributed by atoms with Crippen molar-refractivity contribution < 1.29 is 4.74 Å². The highest BCUT2D eigenvalue weighted by atomic mass is 16.5. The van der Waals surface area contributed by atoms with Gasteiger partial charge in [0.15, 0.2) is 11.6 Å². The van der Waals surface area contributed by atoms with Crippen LogP contribution in [-0.4, -0.2) is 37.3 Å². The van der Waals surface area contributed by atoms with Gasteiger partial charge in [0.05, 0.1) is 7.11 Å². The van der Waals surface area contributed by atoms with E-state index in [1.54, 1.807) is 7.11 Å². The monoisotopic (exact) mass is 247 g/mol. The highest BCUT2D eigenvalue weighted by Gasteiger charge is 2.35. The van der Waals surface area contributed by atoms with E-state index in [9.17, 15) is 0 Å². The van der Waals surface area contributed by atoms with Crippen LogP contribution >= 0.6 is 0 Å². The van der Waals surface area contributed by atoms with E-state index in [1.807, 2.05) is 18.3 Å². The summed E-state index contributed by atoms with van der Waals surface area (Å²) in [7, 11) is 3.85. The first-order chi connectivity index (χ1) is 8.78. The van der Waals surface area contributed by atoms with Crippen LogP contribution in [0.15, 0.2) is 18.3 Å². The molecule has 4 nitrogen and oxygen atoms in total. The lowest BCUT2D eigenvalue weighted by molar-refractivity contribution is 0.349. The minimum Gasteiger partial charge on any atom is -0.493 e. The van der Waals surface area contributed by atoms with E-state index in [4.69, 9.17) is 4.74 Å². The molecule has 0 aliphatic carbocycles. The Morgan fingerprint density at radius 3 is 2.72 bits per heavy atom. The summed E-state index contributed by atoms with van der Waals surface area (Å²) in [6.45, 7) is 0. The van der Waals surface area contributed by atoms with Gasteiger partial charge < -0.3 is 15.0 Å². The standard InChI is InChI=1S/C14H21N3O/c1-17(14-13(18-2)4-3-7-15-14)12-8-10-5-6-11(9-12)16-10/h3-4,7,10-12,16H,5-6,8-9H2,1-2H3. The highest BCUT2D eigenvalue weighted by molar-refractivity contribution is 5.52. The Labute approximate surface area is 108 Å². The summed E-state index contributed by atoms with van der Waals surface area (Å²) < 4.78 is 5.41. The number of piperidine rings is 1. The van der Waals surface area contributed by atoms with Crippen molar-refractivity contribution in [1.82, 2.24) is 10.3 Å². The number of hydrogen-bond donors (Lipinski definition) is 1. The second kappa shape index (κ2) is 4.76. The molecular weight excluding hydrogens is 226 g/mol. The third kappa shape index (κ3) is 2.05. The largest absolute Gasteiger partial charge is 0.493 e. The summed E-state index contributed by atoms with van der Waals surface area (Å²) in [5, 5.41) is 3.68. The topological polar surface area (TPSA) is 37.4 Å². The Hall–Kier alpha value is -1.29. The summed E-state index contributed by atoms with van der Waals surface area (Å²) in [6.07, 6.45) is 6.92.